The van der Waals surface area contributed by atoms with Crippen LogP contribution in [0.1, 0.15) is 47.5 Å². The van der Waals surface area contributed by atoms with E-state index in [9.17, 15) is 4.79 Å². The summed E-state index contributed by atoms with van der Waals surface area (Å²) in [6.45, 7) is 16.6. The van der Waals surface area contributed by atoms with Gasteiger partial charge in [0.05, 0.1) is 5.54 Å². The molecular weight excluding hydrogens is 250 g/mol. The summed E-state index contributed by atoms with van der Waals surface area (Å²) < 4.78 is 0. The number of hydrogen-bond acceptors (Lipinski definition) is 3. The number of carbonyl (C=O) groups is 1. The zero-order valence-electron chi connectivity index (χ0n) is 14.0. The Hall–Kier alpha value is -0.610. The van der Waals surface area contributed by atoms with Crippen molar-refractivity contribution in [2.75, 3.05) is 39.3 Å². The van der Waals surface area contributed by atoms with Crippen LogP contribution in [0.5, 0.6) is 0 Å². The zero-order chi connectivity index (χ0) is 15.2. The normalized spacial score (nSPS) is 17.8. The van der Waals surface area contributed by atoms with Crippen molar-refractivity contribution >= 4 is 5.91 Å². The summed E-state index contributed by atoms with van der Waals surface area (Å²) in [5.41, 5.74) is -0.430. The summed E-state index contributed by atoms with van der Waals surface area (Å²) >= 11 is 0. The molecule has 4 heteroatoms. The van der Waals surface area contributed by atoms with Crippen LogP contribution >= 0.6 is 0 Å². The Balaban J connectivity index is 2.44. The van der Waals surface area contributed by atoms with Crippen LogP contribution in [0.4, 0.5) is 0 Å². The lowest BCUT2D eigenvalue weighted by atomic mass is 9.94. The fourth-order valence-electron chi connectivity index (χ4n) is 3.08. The first-order chi connectivity index (χ1) is 9.44. The number of amides is 1. The maximum atomic E-state index is 12.5. The molecule has 1 aliphatic rings. The first kappa shape index (κ1) is 17.4. The second-order valence-corrected chi connectivity index (χ2v) is 6.38. The molecule has 1 saturated heterocycles. The number of likely N-dealkylation sites (N-methyl/N-ethyl adjacent to an activating group) is 1. The summed E-state index contributed by atoms with van der Waals surface area (Å²) in [6.07, 6.45) is 2.29. The average molecular weight is 283 g/mol. The van der Waals surface area contributed by atoms with E-state index in [0.717, 1.165) is 51.5 Å². The minimum absolute atomic E-state index is 0.251. The minimum Gasteiger partial charge on any atom is -0.341 e. The second kappa shape index (κ2) is 7.99. The first-order valence-corrected chi connectivity index (χ1v) is 8.21. The first-order valence-electron chi connectivity index (χ1n) is 8.21. The van der Waals surface area contributed by atoms with Crippen molar-refractivity contribution in [1.82, 2.24) is 15.1 Å². The lowest BCUT2D eigenvalue weighted by Crippen LogP contribution is -2.55. The van der Waals surface area contributed by atoms with Crippen LogP contribution < -0.4 is 5.32 Å². The lowest BCUT2D eigenvalue weighted by molar-refractivity contribution is -0.138. The monoisotopic (exact) mass is 283 g/mol. The number of piperidine rings is 1. The molecule has 0 aromatic heterocycles. The number of hydrogen-bond donors (Lipinski definition) is 1. The fraction of sp³-hybridized carbons (Fsp3) is 0.938. The molecule has 20 heavy (non-hydrogen) atoms. The summed E-state index contributed by atoms with van der Waals surface area (Å²) in [6, 6.07) is 0. The van der Waals surface area contributed by atoms with Gasteiger partial charge in [0.25, 0.3) is 0 Å². The van der Waals surface area contributed by atoms with Gasteiger partial charge in [-0.25, -0.2) is 0 Å². The maximum absolute atomic E-state index is 12.5. The quantitative estimate of drug-likeness (QED) is 0.776. The molecule has 1 amide bonds. The Kier molecular flexibility index (Phi) is 6.96. The smallest absolute Gasteiger partial charge is 0.242 e. The zero-order valence-corrected chi connectivity index (χ0v) is 14.0. The van der Waals surface area contributed by atoms with Crippen molar-refractivity contribution in [2.24, 2.45) is 5.92 Å². The highest BCUT2D eigenvalue weighted by atomic mass is 16.2. The van der Waals surface area contributed by atoms with Crippen LogP contribution in [0.3, 0.4) is 0 Å². The highest BCUT2D eigenvalue weighted by Crippen LogP contribution is 2.21. The minimum atomic E-state index is -0.430. The van der Waals surface area contributed by atoms with Crippen molar-refractivity contribution in [2.45, 2.75) is 53.0 Å². The van der Waals surface area contributed by atoms with E-state index in [1.807, 2.05) is 25.7 Å². The van der Waals surface area contributed by atoms with Gasteiger partial charge in [-0.3, -0.25) is 4.79 Å². The van der Waals surface area contributed by atoms with Gasteiger partial charge in [0.2, 0.25) is 5.91 Å². The molecule has 1 aliphatic heterocycles. The van der Waals surface area contributed by atoms with Gasteiger partial charge in [0.1, 0.15) is 0 Å². The standard InChI is InChI=1S/C16H33N3O/c1-6-17-16(4,5)15(20)19-11-9-14(10-12-19)13-18(7-2)8-3/h14,17H,6-13H2,1-5H3. The molecule has 0 saturated carbocycles. The summed E-state index contributed by atoms with van der Waals surface area (Å²) in [4.78, 5) is 17.0. The van der Waals surface area contributed by atoms with E-state index < -0.39 is 5.54 Å². The topological polar surface area (TPSA) is 35.6 Å². The van der Waals surface area contributed by atoms with Gasteiger partial charge in [-0.2, -0.15) is 0 Å². The largest absolute Gasteiger partial charge is 0.341 e. The van der Waals surface area contributed by atoms with Crippen LogP contribution in [0.15, 0.2) is 0 Å². The van der Waals surface area contributed by atoms with E-state index in [2.05, 4.69) is 24.1 Å². The molecule has 0 bridgehead atoms. The van der Waals surface area contributed by atoms with E-state index in [-0.39, 0.29) is 5.91 Å². The maximum Gasteiger partial charge on any atom is 0.242 e. The van der Waals surface area contributed by atoms with E-state index in [0.29, 0.717) is 0 Å². The molecule has 118 valence electrons. The van der Waals surface area contributed by atoms with E-state index in [1.165, 1.54) is 6.54 Å². The molecule has 1 fully saturated rings. The summed E-state index contributed by atoms with van der Waals surface area (Å²) in [5.74, 6) is 1.00. The lowest BCUT2D eigenvalue weighted by Gasteiger charge is -2.38. The van der Waals surface area contributed by atoms with Gasteiger partial charge >= 0.3 is 0 Å². The van der Waals surface area contributed by atoms with Crippen molar-refractivity contribution in [3.63, 3.8) is 0 Å². The van der Waals surface area contributed by atoms with Gasteiger partial charge in [-0.1, -0.05) is 20.8 Å². The third-order valence-electron chi connectivity index (χ3n) is 4.47. The Morgan fingerprint density at radius 1 is 1.20 bits per heavy atom. The third-order valence-corrected chi connectivity index (χ3v) is 4.47. The highest BCUT2D eigenvalue weighted by Gasteiger charge is 2.33. The fourth-order valence-corrected chi connectivity index (χ4v) is 3.08. The van der Waals surface area contributed by atoms with Crippen LogP contribution in [-0.4, -0.2) is 60.5 Å². The van der Waals surface area contributed by atoms with Crippen LogP contribution in [0, 0.1) is 5.92 Å². The van der Waals surface area contributed by atoms with Gasteiger partial charge in [0.15, 0.2) is 0 Å². The third kappa shape index (κ3) is 4.74. The predicted octanol–water partition coefficient (Wildman–Crippen LogP) is 1.95. The number of likely N-dealkylation sites (tertiary alicyclic amines) is 1. The molecule has 1 heterocycles. The Morgan fingerprint density at radius 3 is 2.20 bits per heavy atom. The van der Waals surface area contributed by atoms with Gasteiger partial charge < -0.3 is 15.1 Å². The molecule has 0 unspecified atom stereocenters. The molecule has 4 nitrogen and oxygen atoms in total. The van der Waals surface area contributed by atoms with Crippen molar-refractivity contribution in [1.29, 1.82) is 0 Å². The Labute approximate surface area is 124 Å². The SMILES string of the molecule is CCNC(C)(C)C(=O)N1CCC(CN(CC)CC)CC1. The molecule has 0 aromatic rings. The number of nitrogens with zero attached hydrogens (tertiary/aromatic N) is 2. The molecular formula is C16H33N3O. The highest BCUT2D eigenvalue weighted by molar-refractivity contribution is 5.85. The molecule has 0 aliphatic carbocycles. The van der Waals surface area contributed by atoms with Crippen LogP contribution in [-0.2, 0) is 4.79 Å². The van der Waals surface area contributed by atoms with Gasteiger partial charge in [-0.15, -0.1) is 0 Å². The average Bonchev–Trinajstić information content (AvgIpc) is 2.44. The van der Waals surface area contributed by atoms with Crippen LogP contribution in [0.25, 0.3) is 0 Å². The van der Waals surface area contributed by atoms with Gasteiger partial charge in [-0.05, 0) is 52.2 Å². The molecule has 0 aromatic carbocycles. The number of rotatable bonds is 7. The molecule has 1 N–H and O–H groups in total. The van der Waals surface area contributed by atoms with E-state index in [1.54, 1.807) is 0 Å². The van der Waals surface area contributed by atoms with E-state index in [4.69, 9.17) is 0 Å². The Morgan fingerprint density at radius 2 is 1.75 bits per heavy atom. The summed E-state index contributed by atoms with van der Waals surface area (Å²) in [7, 11) is 0. The molecule has 0 radical (unpaired) electrons. The van der Waals surface area contributed by atoms with Gasteiger partial charge in [0, 0.05) is 19.6 Å². The second-order valence-electron chi connectivity index (χ2n) is 6.38. The molecule has 1 rings (SSSR count). The number of carbonyl (C=O) groups excluding carboxylic acids is 1. The number of nitrogens with one attached hydrogen (secondary N) is 1. The molecule has 0 atom stereocenters. The van der Waals surface area contributed by atoms with Crippen molar-refractivity contribution < 1.29 is 4.79 Å². The predicted molar refractivity (Wildman–Crippen MR) is 84.8 cm³/mol. The summed E-state index contributed by atoms with van der Waals surface area (Å²) in [5, 5.41) is 3.28. The molecule has 0 spiro atoms. The van der Waals surface area contributed by atoms with E-state index >= 15 is 0 Å². The van der Waals surface area contributed by atoms with Crippen molar-refractivity contribution in [3.05, 3.63) is 0 Å². The van der Waals surface area contributed by atoms with Crippen molar-refractivity contribution in [3.8, 4) is 0 Å². The Bertz CT molecular complexity index is 292. The van der Waals surface area contributed by atoms with Crippen LogP contribution in [0.2, 0.25) is 0 Å².